The number of pyridine rings is 2. The number of esters is 1. The average Bonchev–Trinajstić information content (AvgIpc) is 2.84. The minimum atomic E-state index is -4.99. The Labute approximate surface area is 212 Å². The second kappa shape index (κ2) is 10.9. The van der Waals surface area contributed by atoms with E-state index >= 15 is 4.39 Å². The third kappa shape index (κ3) is 6.02. The second-order valence-corrected chi connectivity index (χ2v) is 8.20. The first-order valence-corrected chi connectivity index (χ1v) is 10.8. The average molecular weight is 540 g/mol. The third-order valence-corrected chi connectivity index (χ3v) is 5.14. The second-order valence-electron chi connectivity index (χ2n) is 7.76. The van der Waals surface area contributed by atoms with Crippen LogP contribution in [0.4, 0.5) is 23.2 Å². The molecule has 2 aromatic heterocycles. The zero-order chi connectivity index (χ0) is 27.5. The van der Waals surface area contributed by atoms with Crippen LogP contribution in [0.25, 0.3) is 0 Å². The Hall–Kier alpha value is -4.06. The van der Waals surface area contributed by atoms with Crippen molar-refractivity contribution >= 4 is 35.5 Å². The van der Waals surface area contributed by atoms with E-state index in [1.165, 1.54) is 18.3 Å². The summed E-state index contributed by atoms with van der Waals surface area (Å²) < 4.78 is 65.5. The van der Waals surface area contributed by atoms with Crippen LogP contribution >= 0.6 is 11.6 Å². The summed E-state index contributed by atoms with van der Waals surface area (Å²) in [5.74, 6) is -4.80. The number of anilines is 1. The topological polar surface area (TPSA) is 98.7 Å². The largest absolute Gasteiger partial charge is 0.465 e. The Balaban J connectivity index is 2.15. The first kappa shape index (κ1) is 27.5. The summed E-state index contributed by atoms with van der Waals surface area (Å²) in [6.45, 7) is 3.18. The summed E-state index contributed by atoms with van der Waals surface area (Å²) in [7, 11) is 1.03. The maximum Gasteiger partial charge on any atom is 0.421 e. The molecule has 1 aromatic carbocycles. The van der Waals surface area contributed by atoms with Crippen molar-refractivity contribution in [2.45, 2.75) is 26.1 Å². The van der Waals surface area contributed by atoms with Crippen LogP contribution in [0.5, 0.6) is 11.6 Å². The molecule has 1 amide bonds. The number of carbonyl (C=O) groups excluding carboxylic acids is 3. The number of amides is 1. The van der Waals surface area contributed by atoms with Gasteiger partial charge in [-0.05, 0) is 32.0 Å². The van der Waals surface area contributed by atoms with Crippen molar-refractivity contribution in [3.05, 3.63) is 75.9 Å². The molecule has 0 bridgehead atoms. The molecule has 0 saturated carbocycles. The molecule has 0 spiro atoms. The first-order chi connectivity index (χ1) is 17.4. The molecule has 0 unspecified atom stereocenters. The van der Waals surface area contributed by atoms with Gasteiger partial charge in [-0.1, -0.05) is 11.6 Å². The number of rotatable bonds is 7. The van der Waals surface area contributed by atoms with E-state index in [4.69, 9.17) is 21.1 Å². The quantitative estimate of drug-likeness (QED) is 0.215. The minimum Gasteiger partial charge on any atom is -0.465 e. The molecule has 0 radical (unpaired) electrons. The van der Waals surface area contributed by atoms with Crippen LogP contribution in [0.3, 0.4) is 0 Å². The van der Waals surface area contributed by atoms with E-state index in [1.807, 2.05) is 0 Å². The highest BCUT2D eigenvalue weighted by Gasteiger charge is 2.36. The normalized spacial score (nSPS) is 11.3. The first-order valence-electron chi connectivity index (χ1n) is 10.4. The van der Waals surface area contributed by atoms with Crippen molar-refractivity contribution < 1.29 is 41.4 Å². The number of nitrogens with zero attached hydrogens (tertiary/aromatic N) is 3. The van der Waals surface area contributed by atoms with Crippen LogP contribution in [0.15, 0.2) is 42.7 Å². The number of benzene rings is 1. The fraction of sp³-hybridized carbons (Fsp3) is 0.208. The molecule has 0 saturated heterocycles. The summed E-state index contributed by atoms with van der Waals surface area (Å²) in [4.78, 5) is 45.2. The van der Waals surface area contributed by atoms with E-state index in [-0.39, 0.29) is 33.8 Å². The maximum atomic E-state index is 15.2. The van der Waals surface area contributed by atoms with Crippen LogP contribution < -0.4 is 9.64 Å². The van der Waals surface area contributed by atoms with Gasteiger partial charge in [0.25, 0.3) is 5.91 Å². The van der Waals surface area contributed by atoms with Gasteiger partial charge in [-0.3, -0.25) is 9.59 Å². The lowest BCUT2D eigenvalue weighted by Crippen LogP contribution is -2.38. The maximum absolute atomic E-state index is 15.2. The van der Waals surface area contributed by atoms with Gasteiger partial charge in [0.05, 0.1) is 23.4 Å². The van der Waals surface area contributed by atoms with E-state index < -0.39 is 47.1 Å². The number of halogens is 5. The monoisotopic (exact) mass is 539 g/mol. The Bertz CT molecular complexity index is 1350. The Kier molecular flexibility index (Phi) is 8.12. The highest BCUT2D eigenvalue weighted by molar-refractivity contribution is 6.30. The highest BCUT2D eigenvalue weighted by Crippen LogP contribution is 2.39. The van der Waals surface area contributed by atoms with Crippen LogP contribution in [0, 0.1) is 5.82 Å². The van der Waals surface area contributed by atoms with Crippen molar-refractivity contribution in [3.63, 3.8) is 0 Å². The summed E-state index contributed by atoms with van der Waals surface area (Å²) in [5, 5.41) is 0.267. The summed E-state index contributed by atoms with van der Waals surface area (Å²) >= 11 is 5.82. The standard InChI is InChI=1S/C24H18ClF4N3O5/c1-12(2)32(22(34)18-5-4-14(25)10-30-18)19-8-17(26)20(7-15(19)23(35)36-3)37-21-16(24(27,28)29)6-13(11-33)9-31-21/h4-12H,1-3H3. The number of hydrogen-bond donors (Lipinski definition) is 0. The van der Waals surface area contributed by atoms with Crippen LogP contribution in [0.1, 0.15) is 50.6 Å². The fourth-order valence-electron chi connectivity index (χ4n) is 3.26. The molecule has 37 heavy (non-hydrogen) atoms. The van der Waals surface area contributed by atoms with Gasteiger partial charge < -0.3 is 14.4 Å². The van der Waals surface area contributed by atoms with E-state index in [0.29, 0.717) is 6.07 Å². The number of carbonyl (C=O) groups is 3. The molecule has 2 heterocycles. The lowest BCUT2D eigenvalue weighted by molar-refractivity contribution is -0.138. The third-order valence-electron chi connectivity index (χ3n) is 4.92. The number of hydrogen-bond acceptors (Lipinski definition) is 7. The number of alkyl halides is 3. The zero-order valence-corrected chi connectivity index (χ0v) is 20.2. The predicted octanol–water partition coefficient (Wildman–Crippen LogP) is 5.73. The molecule has 0 atom stereocenters. The molecule has 0 aliphatic heterocycles. The number of ether oxygens (including phenoxy) is 2. The van der Waals surface area contributed by atoms with Crippen LogP contribution in [-0.4, -0.2) is 41.3 Å². The van der Waals surface area contributed by atoms with Gasteiger partial charge in [0.15, 0.2) is 17.9 Å². The predicted molar refractivity (Wildman–Crippen MR) is 124 cm³/mol. The van der Waals surface area contributed by atoms with Gasteiger partial charge >= 0.3 is 12.1 Å². The molecule has 3 aromatic rings. The minimum absolute atomic E-state index is 0.0658. The SMILES string of the molecule is COC(=O)c1cc(Oc2ncc(C=O)cc2C(F)(F)F)c(F)cc1N(C(=O)c1ccc(Cl)cn1)C(C)C. The smallest absolute Gasteiger partial charge is 0.421 e. The number of methoxy groups -OCH3 is 1. The Morgan fingerprint density at radius 1 is 1.11 bits per heavy atom. The van der Waals surface area contributed by atoms with Gasteiger partial charge in [0.2, 0.25) is 5.88 Å². The molecule has 13 heteroatoms. The Morgan fingerprint density at radius 3 is 2.35 bits per heavy atom. The Morgan fingerprint density at radius 2 is 1.81 bits per heavy atom. The molecule has 0 aliphatic rings. The van der Waals surface area contributed by atoms with Crippen LogP contribution in [-0.2, 0) is 10.9 Å². The molecule has 8 nitrogen and oxygen atoms in total. The molecular formula is C24H18ClF4N3O5. The number of aldehydes is 1. The molecule has 194 valence electrons. The van der Waals surface area contributed by atoms with Gasteiger partial charge in [0.1, 0.15) is 11.3 Å². The summed E-state index contributed by atoms with van der Waals surface area (Å²) in [6.07, 6.45) is -2.80. The van der Waals surface area contributed by atoms with E-state index in [2.05, 4.69) is 9.97 Å². The summed E-state index contributed by atoms with van der Waals surface area (Å²) in [5.41, 5.74) is -2.51. The lowest BCUT2D eigenvalue weighted by atomic mass is 10.1. The summed E-state index contributed by atoms with van der Waals surface area (Å²) in [6, 6.07) is 4.15. The highest BCUT2D eigenvalue weighted by atomic mass is 35.5. The van der Waals surface area contributed by atoms with E-state index in [1.54, 1.807) is 13.8 Å². The zero-order valence-electron chi connectivity index (χ0n) is 19.5. The van der Waals surface area contributed by atoms with Gasteiger partial charge in [-0.15, -0.1) is 0 Å². The van der Waals surface area contributed by atoms with Crippen molar-refractivity contribution in [3.8, 4) is 11.6 Å². The van der Waals surface area contributed by atoms with E-state index in [9.17, 15) is 27.6 Å². The van der Waals surface area contributed by atoms with Gasteiger partial charge in [-0.2, -0.15) is 13.2 Å². The molecule has 0 aliphatic carbocycles. The van der Waals surface area contributed by atoms with E-state index in [0.717, 1.165) is 30.3 Å². The fourth-order valence-corrected chi connectivity index (χ4v) is 3.37. The number of aromatic nitrogens is 2. The van der Waals surface area contributed by atoms with Crippen LogP contribution in [0.2, 0.25) is 5.02 Å². The molecule has 3 rings (SSSR count). The van der Waals surface area contributed by atoms with Crippen molar-refractivity contribution in [2.24, 2.45) is 0 Å². The van der Waals surface area contributed by atoms with Gasteiger partial charge in [0, 0.05) is 36.1 Å². The van der Waals surface area contributed by atoms with Gasteiger partial charge in [-0.25, -0.2) is 19.2 Å². The molecular weight excluding hydrogens is 522 g/mol. The lowest BCUT2D eigenvalue weighted by Gasteiger charge is -2.28. The molecule has 0 fully saturated rings. The van der Waals surface area contributed by atoms with Crippen molar-refractivity contribution in [1.29, 1.82) is 0 Å². The van der Waals surface area contributed by atoms with Crippen molar-refractivity contribution in [1.82, 2.24) is 9.97 Å². The van der Waals surface area contributed by atoms with Crippen molar-refractivity contribution in [2.75, 3.05) is 12.0 Å². The molecule has 0 N–H and O–H groups in total.